The predicted molar refractivity (Wildman–Crippen MR) is 54.9 cm³/mol. The molecule has 0 bridgehead atoms. The number of fused-ring (bicyclic) bond motifs is 1. The Balaban J connectivity index is 2.91. The third-order valence-electron chi connectivity index (χ3n) is 1.72. The van der Waals surface area contributed by atoms with E-state index in [1.807, 2.05) is 11.4 Å². The zero-order chi connectivity index (χ0) is 9.47. The Hall–Kier alpha value is -0.580. The first-order chi connectivity index (χ1) is 6.09. The Bertz CT molecular complexity index is 542. The highest BCUT2D eigenvalue weighted by Gasteiger charge is 2.13. The predicted octanol–water partition coefficient (Wildman–Crippen LogP) is 2.83. The van der Waals surface area contributed by atoms with Crippen molar-refractivity contribution in [3.63, 3.8) is 0 Å². The van der Waals surface area contributed by atoms with Crippen molar-refractivity contribution in [3.8, 4) is 0 Å². The first-order valence-corrected chi connectivity index (χ1v) is 6.69. The molecule has 0 spiro atoms. The van der Waals surface area contributed by atoms with Gasteiger partial charge in [-0.2, -0.15) is 0 Å². The Morgan fingerprint density at radius 2 is 2.00 bits per heavy atom. The van der Waals surface area contributed by atoms with Crippen LogP contribution in [0.3, 0.4) is 0 Å². The van der Waals surface area contributed by atoms with Gasteiger partial charge in [0.05, 0.1) is 4.90 Å². The van der Waals surface area contributed by atoms with Crippen LogP contribution in [0, 0.1) is 0 Å². The molecule has 2 aromatic rings. The van der Waals surface area contributed by atoms with Crippen LogP contribution in [0.2, 0.25) is 0 Å². The summed E-state index contributed by atoms with van der Waals surface area (Å²) in [6.45, 7) is 0. The van der Waals surface area contributed by atoms with Crippen LogP contribution in [-0.2, 0) is 9.05 Å². The van der Waals surface area contributed by atoms with Crippen molar-refractivity contribution < 1.29 is 8.42 Å². The minimum Gasteiger partial charge on any atom is -0.207 e. The number of benzene rings is 1. The summed E-state index contributed by atoms with van der Waals surface area (Å²) in [6.07, 6.45) is 0. The van der Waals surface area contributed by atoms with E-state index in [4.69, 9.17) is 10.7 Å². The average Bonchev–Trinajstić information content (AvgIpc) is 2.48. The van der Waals surface area contributed by atoms with E-state index in [1.54, 1.807) is 12.1 Å². The molecule has 0 unspecified atom stereocenters. The first kappa shape index (κ1) is 8.99. The van der Waals surface area contributed by atoms with Gasteiger partial charge in [0.2, 0.25) is 0 Å². The van der Waals surface area contributed by atoms with Crippen molar-refractivity contribution in [2.24, 2.45) is 0 Å². The number of thiophene rings is 1. The fraction of sp³-hybridized carbons (Fsp3) is 0. The van der Waals surface area contributed by atoms with Crippen LogP contribution in [0.15, 0.2) is 34.5 Å². The Labute approximate surface area is 84.2 Å². The zero-order valence-electron chi connectivity index (χ0n) is 6.40. The molecule has 1 heterocycles. The van der Waals surface area contributed by atoms with E-state index < -0.39 is 9.05 Å². The fourth-order valence-electron chi connectivity index (χ4n) is 1.18. The maximum atomic E-state index is 11.1. The maximum Gasteiger partial charge on any atom is 0.261 e. The zero-order valence-corrected chi connectivity index (χ0v) is 8.79. The van der Waals surface area contributed by atoms with Gasteiger partial charge in [0.1, 0.15) is 0 Å². The van der Waals surface area contributed by atoms with Crippen molar-refractivity contribution >= 4 is 41.2 Å². The minimum atomic E-state index is -3.62. The Morgan fingerprint density at radius 3 is 2.69 bits per heavy atom. The Kier molecular flexibility index (Phi) is 2.06. The van der Waals surface area contributed by atoms with Crippen LogP contribution >= 0.6 is 22.0 Å². The summed E-state index contributed by atoms with van der Waals surface area (Å²) < 4.78 is 23.2. The normalized spacial score (nSPS) is 12.1. The summed E-state index contributed by atoms with van der Waals surface area (Å²) >= 11 is 1.49. The fourth-order valence-corrected chi connectivity index (χ4v) is 3.14. The van der Waals surface area contributed by atoms with Gasteiger partial charge in [-0.05, 0) is 23.6 Å². The van der Waals surface area contributed by atoms with Gasteiger partial charge in [0.15, 0.2) is 0 Å². The SMILES string of the molecule is O=S(=O)(Cl)c1cccc2sccc12. The monoisotopic (exact) mass is 232 g/mol. The van der Waals surface area contributed by atoms with Crippen molar-refractivity contribution in [2.75, 3.05) is 0 Å². The molecule has 0 saturated heterocycles. The topological polar surface area (TPSA) is 34.1 Å². The van der Waals surface area contributed by atoms with Gasteiger partial charge in [0, 0.05) is 20.8 Å². The minimum absolute atomic E-state index is 0.188. The summed E-state index contributed by atoms with van der Waals surface area (Å²) in [4.78, 5) is 0.188. The van der Waals surface area contributed by atoms with Gasteiger partial charge in [0.25, 0.3) is 9.05 Å². The second-order valence-corrected chi connectivity index (χ2v) is 6.01. The molecule has 13 heavy (non-hydrogen) atoms. The van der Waals surface area contributed by atoms with Crippen LogP contribution in [0.4, 0.5) is 0 Å². The molecule has 5 heteroatoms. The van der Waals surface area contributed by atoms with Crippen LogP contribution in [-0.4, -0.2) is 8.42 Å². The van der Waals surface area contributed by atoms with Crippen molar-refractivity contribution in [1.29, 1.82) is 0 Å². The van der Waals surface area contributed by atoms with Crippen LogP contribution in [0.5, 0.6) is 0 Å². The number of hydrogen-bond acceptors (Lipinski definition) is 3. The molecular weight excluding hydrogens is 228 g/mol. The molecule has 0 saturated carbocycles. The highest BCUT2D eigenvalue weighted by molar-refractivity contribution is 8.14. The third kappa shape index (κ3) is 1.57. The lowest BCUT2D eigenvalue weighted by atomic mass is 10.3. The molecule has 0 amide bonds. The van der Waals surface area contributed by atoms with E-state index in [1.165, 1.54) is 17.4 Å². The number of hydrogen-bond donors (Lipinski definition) is 0. The highest BCUT2D eigenvalue weighted by atomic mass is 35.7. The van der Waals surface area contributed by atoms with E-state index in [9.17, 15) is 8.42 Å². The summed E-state index contributed by atoms with van der Waals surface area (Å²) in [7, 11) is 1.65. The van der Waals surface area contributed by atoms with Crippen LogP contribution in [0.1, 0.15) is 0 Å². The quantitative estimate of drug-likeness (QED) is 0.709. The molecular formula is C8H5ClO2S2. The molecule has 0 aliphatic carbocycles. The summed E-state index contributed by atoms with van der Waals surface area (Å²) in [6, 6.07) is 6.83. The molecule has 0 aliphatic heterocycles. The summed E-state index contributed by atoms with van der Waals surface area (Å²) in [5.74, 6) is 0. The maximum absolute atomic E-state index is 11.1. The average molecular weight is 233 g/mol. The first-order valence-electron chi connectivity index (χ1n) is 3.50. The number of rotatable bonds is 1. The molecule has 2 rings (SSSR count). The molecule has 0 aliphatic rings. The van der Waals surface area contributed by atoms with E-state index in [0.717, 1.165) is 4.70 Å². The van der Waals surface area contributed by atoms with E-state index in [2.05, 4.69) is 0 Å². The van der Waals surface area contributed by atoms with Gasteiger partial charge in [-0.3, -0.25) is 0 Å². The van der Waals surface area contributed by atoms with E-state index in [-0.39, 0.29) is 4.90 Å². The third-order valence-corrected chi connectivity index (χ3v) is 3.98. The van der Waals surface area contributed by atoms with Gasteiger partial charge in [-0.25, -0.2) is 8.42 Å². The van der Waals surface area contributed by atoms with Gasteiger partial charge < -0.3 is 0 Å². The summed E-state index contributed by atoms with van der Waals surface area (Å²) in [5.41, 5.74) is 0. The lowest BCUT2D eigenvalue weighted by molar-refractivity contribution is 0.610. The molecule has 0 radical (unpaired) electrons. The van der Waals surface area contributed by atoms with E-state index in [0.29, 0.717) is 5.39 Å². The second-order valence-electron chi connectivity index (χ2n) is 2.53. The van der Waals surface area contributed by atoms with Crippen LogP contribution in [0.25, 0.3) is 10.1 Å². The molecule has 2 nitrogen and oxygen atoms in total. The van der Waals surface area contributed by atoms with Gasteiger partial charge in [-0.1, -0.05) is 6.07 Å². The highest BCUT2D eigenvalue weighted by Crippen LogP contribution is 2.28. The lowest BCUT2D eigenvalue weighted by Gasteiger charge is -1.96. The molecule has 0 atom stereocenters. The van der Waals surface area contributed by atoms with Crippen LogP contribution < -0.4 is 0 Å². The standard InChI is InChI=1S/C8H5ClO2S2/c9-13(10,11)8-3-1-2-7-6(8)4-5-12-7/h1-5H. The molecule has 1 aromatic heterocycles. The number of halogens is 1. The van der Waals surface area contributed by atoms with Crippen molar-refractivity contribution in [3.05, 3.63) is 29.6 Å². The Morgan fingerprint density at radius 1 is 1.23 bits per heavy atom. The largest absolute Gasteiger partial charge is 0.261 e. The van der Waals surface area contributed by atoms with Crippen molar-refractivity contribution in [1.82, 2.24) is 0 Å². The van der Waals surface area contributed by atoms with Crippen molar-refractivity contribution in [2.45, 2.75) is 4.90 Å². The smallest absolute Gasteiger partial charge is 0.207 e. The lowest BCUT2D eigenvalue weighted by Crippen LogP contribution is -1.89. The van der Waals surface area contributed by atoms with Gasteiger partial charge >= 0.3 is 0 Å². The van der Waals surface area contributed by atoms with E-state index >= 15 is 0 Å². The molecule has 68 valence electrons. The molecule has 0 fully saturated rings. The summed E-state index contributed by atoms with van der Waals surface area (Å²) in [5, 5.41) is 2.54. The molecule has 0 N–H and O–H groups in total. The second kappa shape index (κ2) is 2.97. The van der Waals surface area contributed by atoms with Gasteiger partial charge in [-0.15, -0.1) is 11.3 Å². The molecule has 1 aromatic carbocycles.